The van der Waals surface area contributed by atoms with E-state index in [1.165, 1.54) is 0 Å². The third-order valence-corrected chi connectivity index (χ3v) is 4.35. The van der Waals surface area contributed by atoms with Gasteiger partial charge in [-0.1, -0.05) is 11.6 Å². The van der Waals surface area contributed by atoms with E-state index >= 15 is 0 Å². The highest BCUT2D eigenvalue weighted by Gasteiger charge is 2.18. The molecule has 0 saturated heterocycles. The van der Waals surface area contributed by atoms with Crippen molar-refractivity contribution in [3.8, 4) is 0 Å². The number of halogens is 1. The van der Waals surface area contributed by atoms with Crippen molar-refractivity contribution in [2.24, 2.45) is 12.8 Å². The Labute approximate surface area is 109 Å². The first-order valence-electron chi connectivity index (χ1n) is 5.34. The molecule has 6 heteroatoms. The Morgan fingerprint density at radius 1 is 1.47 bits per heavy atom. The summed E-state index contributed by atoms with van der Waals surface area (Å²) in [4.78, 5) is 5.33. The van der Waals surface area contributed by atoms with Crippen molar-refractivity contribution in [2.75, 3.05) is 0 Å². The summed E-state index contributed by atoms with van der Waals surface area (Å²) in [5, 5.41) is 4.95. The number of thiazole rings is 1. The molecule has 2 N–H and O–H groups in total. The van der Waals surface area contributed by atoms with E-state index in [0.717, 1.165) is 21.8 Å². The van der Waals surface area contributed by atoms with Crippen molar-refractivity contribution in [1.29, 1.82) is 0 Å². The molecule has 2 rings (SSSR count). The van der Waals surface area contributed by atoms with Gasteiger partial charge in [0.25, 0.3) is 0 Å². The van der Waals surface area contributed by atoms with Crippen molar-refractivity contribution in [2.45, 2.75) is 26.3 Å². The van der Waals surface area contributed by atoms with Crippen molar-refractivity contribution in [1.82, 2.24) is 14.8 Å². The third kappa shape index (κ3) is 2.36. The van der Waals surface area contributed by atoms with Gasteiger partial charge in [-0.2, -0.15) is 5.10 Å². The minimum Gasteiger partial charge on any atom is -0.323 e. The van der Waals surface area contributed by atoms with E-state index in [9.17, 15) is 0 Å². The number of aromatic nitrogens is 3. The van der Waals surface area contributed by atoms with Gasteiger partial charge in [0.2, 0.25) is 0 Å². The van der Waals surface area contributed by atoms with Crippen LogP contribution in [-0.4, -0.2) is 14.8 Å². The van der Waals surface area contributed by atoms with Gasteiger partial charge >= 0.3 is 0 Å². The van der Waals surface area contributed by atoms with E-state index in [1.54, 1.807) is 16.0 Å². The van der Waals surface area contributed by atoms with Crippen LogP contribution in [0.5, 0.6) is 0 Å². The SMILES string of the molecule is Cc1ncsc1C(N)Cc1c(C)nn(C)c1Cl. The molecule has 0 saturated carbocycles. The molecular weight excluding hydrogens is 256 g/mol. The van der Waals surface area contributed by atoms with Crippen LogP contribution in [0.15, 0.2) is 5.51 Å². The number of nitrogens with zero attached hydrogens (tertiary/aromatic N) is 3. The first-order valence-corrected chi connectivity index (χ1v) is 6.60. The van der Waals surface area contributed by atoms with Gasteiger partial charge in [-0.15, -0.1) is 11.3 Å². The summed E-state index contributed by atoms with van der Waals surface area (Å²) in [6.45, 7) is 3.93. The van der Waals surface area contributed by atoms with Crippen LogP contribution in [-0.2, 0) is 13.5 Å². The lowest BCUT2D eigenvalue weighted by Gasteiger charge is -2.10. The second-order valence-corrected chi connectivity index (χ2v) is 5.34. The summed E-state index contributed by atoms with van der Waals surface area (Å²) in [6, 6.07) is -0.0668. The molecule has 2 aromatic rings. The third-order valence-electron chi connectivity index (χ3n) is 2.81. The Balaban J connectivity index is 2.24. The molecule has 0 radical (unpaired) electrons. The fourth-order valence-electron chi connectivity index (χ4n) is 1.89. The van der Waals surface area contributed by atoms with Crippen molar-refractivity contribution in [3.63, 3.8) is 0 Å². The Bertz CT molecular complexity index is 532. The van der Waals surface area contributed by atoms with Crippen LogP contribution >= 0.6 is 22.9 Å². The van der Waals surface area contributed by atoms with Crippen LogP contribution in [0.25, 0.3) is 0 Å². The molecular formula is C11H15ClN4S. The zero-order chi connectivity index (χ0) is 12.6. The molecule has 0 aromatic carbocycles. The molecule has 17 heavy (non-hydrogen) atoms. The molecule has 0 aliphatic rings. The minimum absolute atomic E-state index is 0.0668. The van der Waals surface area contributed by atoms with Gasteiger partial charge in [0.05, 0.1) is 16.9 Å². The van der Waals surface area contributed by atoms with Crippen LogP contribution in [0.1, 0.15) is 27.9 Å². The Morgan fingerprint density at radius 2 is 2.18 bits per heavy atom. The maximum Gasteiger partial charge on any atom is 0.130 e. The molecule has 1 unspecified atom stereocenters. The van der Waals surface area contributed by atoms with E-state index < -0.39 is 0 Å². The molecule has 0 spiro atoms. The molecule has 4 nitrogen and oxygen atoms in total. The van der Waals surface area contributed by atoms with E-state index in [-0.39, 0.29) is 6.04 Å². The summed E-state index contributed by atoms with van der Waals surface area (Å²) in [5.74, 6) is 0. The quantitative estimate of drug-likeness (QED) is 0.932. The van der Waals surface area contributed by atoms with Gasteiger partial charge in [-0.25, -0.2) is 4.98 Å². The minimum atomic E-state index is -0.0668. The maximum absolute atomic E-state index is 6.19. The van der Waals surface area contributed by atoms with Crippen molar-refractivity contribution in [3.05, 3.63) is 32.5 Å². The maximum atomic E-state index is 6.19. The van der Waals surface area contributed by atoms with Gasteiger partial charge in [0.15, 0.2) is 0 Å². The van der Waals surface area contributed by atoms with Crippen molar-refractivity contribution < 1.29 is 0 Å². The zero-order valence-electron chi connectivity index (χ0n) is 10.1. The molecule has 92 valence electrons. The molecule has 0 aliphatic heterocycles. The fourth-order valence-corrected chi connectivity index (χ4v) is 2.94. The molecule has 2 aromatic heterocycles. The molecule has 0 aliphatic carbocycles. The normalized spacial score (nSPS) is 13.0. The summed E-state index contributed by atoms with van der Waals surface area (Å²) in [5.41, 5.74) is 11.0. The van der Waals surface area contributed by atoms with Crippen LogP contribution in [0.4, 0.5) is 0 Å². The molecule has 0 bridgehead atoms. The van der Waals surface area contributed by atoms with Gasteiger partial charge in [-0.3, -0.25) is 4.68 Å². The average Bonchev–Trinajstić information content (AvgIpc) is 2.78. The summed E-state index contributed by atoms with van der Waals surface area (Å²) < 4.78 is 1.68. The second-order valence-electron chi connectivity index (χ2n) is 4.09. The van der Waals surface area contributed by atoms with Crippen LogP contribution < -0.4 is 5.73 Å². The highest BCUT2D eigenvalue weighted by molar-refractivity contribution is 7.09. The molecule has 1 atom stereocenters. The van der Waals surface area contributed by atoms with Gasteiger partial charge < -0.3 is 5.73 Å². The number of aryl methyl sites for hydroxylation is 3. The van der Waals surface area contributed by atoms with Gasteiger partial charge in [0, 0.05) is 23.5 Å². The lowest BCUT2D eigenvalue weighted by molar-refractivity contribution is 0.724. The lowest BCUT2D eigenvalue weighted by Crippen LogP contribution is -2.13. The Kier molecular flexibility index (Phi) is 3.51. The first kappa shape index (κ1) is 12.5. The molecule has 2 heterocycles. The predicted molar refractivity (Wildman–Crippen MR) is 70.4 cm³/mol. The summed E-state index contributed by atoms with van der Waals surface area (Å²) >= 11 is 7.78. The van der Waals surface area contributed by atoms with E-state index in [4.69, 9.17) is 17.3 Å². The number of hydrogen-bond donors (Lipinski definition) is 1. The standard InChI is InChI=1S/C11H15ClN4S/c1-6-8(11(12)16(3)15-6)4-9(13)10-7(2)14-5-17-10/h5,9H,4,13H2,1-3H3. The largest absolute Gasteiger partial charge is 0.323 e. The highest BCUT2D eigenvalue weighted by Crippen LogP contribution is 2.27. The Hall–Kier alpha value is -0.910. The van der Waals surface area contributed by atoms with Crippen LogP contribution in [0.3, 0.4) is 0 Å². The molecule has 0 amide bonds. The van der Waals surface area contributed by atoms with E-state index in [0.29, 0.717) is 11.6 Å². The number of rotatable bonds is 3. The van der Waals surface area contributed by atoms with Crippen LogP contribution in [0, 0.1) is 13.8 Å². The average molecular weight is 271 g/mol. The topological polar surface area (TPSA) is 56.7 Å². The van der Waals surface area contributed by atoms with E-state index in [1.807, 2.05) is 26.4 Å². The predicted octanol–water partition coefficient (Wildman–Crippen LogP) is 2.39. The zero-order valence-corrected chi connectivity index (χ0v) is 11.6. The second kappa shape index (κ2) is 4.76. The lowest BCUT2D eigenvalue weighted by atomic mass is 10.1. The first-order chi connectivity index (χ1) is 8.00. The van der Waals surface area contributed by atoms with Crippen molar-refractivity contribution >= 4 is 22.9 Å². The number of hydrogen-bond acceptors (Lipinski definition) is 4. The monoisotopic (exact) mass is 270 g/mol. The molecule has 0 fully saturated rings. The smallest absolute Gasteiger partial charge is 0.130 e. The van der Waals surface area contributed by atoms with Gasteiger partial charge in [-0.05, 0) is 20.3 Å². The van der Waals surface area contributed by atoms with Crippen LogP contribution in [0.2, 0.25) is 5.15 Å². The van der Waals surface area contributed by atoms with Gasteiger partial charge in [0.1, 0.15) is 5.15 Å². The summed E-state index contributed by atoms with van der Waals surface area (Å²) in [7, 11) is 1.84. The van der Waals surface area contributed by atoms with E-state index in [2.05, 4.69) is 10.1 Å². The Morgan fingerprint density at radius 3 is 2.65 bits per heavy atom. The highest BCUT2D eigenvalue weighted by atomic mass is 35.5. The fraction of sp³-hybridized carbons (Fsp3) is 0.455. The number of nitrogens with two attached hydrogens (primary N) is 1. The summed E-state index contributed by atoms with van der Waals surface area (Å²) in [6.07, 6.45) is 0.696.